The fourth-order valence-corrected chi connectivity index (χ4v) is 4.12. The average molecular weight is 423 g/mol. The summed E-state index contributed by atoms with van der Waals surface area (Å²) in [6.45, 7) is 7.94. The van der Waals surface area contributed by atoms with Gasteiger partial charge in [-0.05, 0) is 24.6 Å². The van der Waals surface area contributed by atoms with Crippen LogP contribution in [0.4, 0.5) is 5.82 Å². The summed E-state index contributed by atoms with van der Waals surface area (Å²) in [5.41, 5.74) is 1.08. The number of pyridine rings is 1. The fraction of sp³-hybridized carbons (Fsp3) is 0.286. The third kappa shape index (κ3) is 3.41. The molecule has 4 rings (SSSR count). The van der Waals surface area contributed by atoms with E-state index in [9.17, 15) is 9.59 Å². The Morgan fingerprint density at radius 1 is 1.20 bits per heavy atom. The van der Waals surface area contributed by atoms with E-state index in [0.717, 1.165) is 5.69 Å². The van der Waals surface area contributed by atoms with Crippen LogP contribution in [0.5, 0.6) is 0 Å². The Balaban J connectivity index is 1.78. The van der Waals surface area contributed by atoms with Crippen molar-refractivity contribution in [2.24, 2.45) is 7.05 Å². The first-order chi connectivity index (χ1) is 14.2. The van der Waals surface area contributed by atoms with E-state index in [-0.39, 0.29) is 16.9 Å². The van der Waals surface area contributed by atoms with E-state index in [4.69, 9.17) is 0 Å². The average Bonchev–Trinajstić information content (AvgIpc) is 3.27. The van der Waals surface area contributed by atoms with Crippen LogP contribution in [0.1, 0.15) is 41.7 Å². The molecule has 0 fully saturated rings. The molecule has 9 heteroatoms. The lowest BCUT2D eigenvalue weighted by molar-refractivity contribution is 0.102. The van der Waals surface area contributed by atoms with Gasteiger partial charge < -0.3 is 9.88 Å². The Hall–Kier alpha value is -3.33. The largest absolute Gasteiger partial charge is 0.306 e. The molecule has 154 valence electrons. The first kappa shape index (κ1) is 20.0. The van der Waals surface area contributed by atoms with Crippen LogP contribution >= 0.6 is 11.3 Å². The number of anilines is 1. The van der Waals surface area contributed by atoms with E-state index in [1.54, 1.807) is 24.9 Å². The number of aromatic nitrogens is 5. The quantitative estimate of drug-likeness (QED) is 0.546. The molecule has 0 unspecified atom stereocenters. The van der Waals surface area contributed by atoms with Gasteiger partial charge >= 0.3 is 0 Å². The summed E-state index contributed by atoms with van der Waals surface area (Å²) in [7, 11) is 1.64. The highest BCUT2D eigenvalue weighted by atomic mass is 32.1. The summed E-state index contributed by atoms with van der Waals surface area (Å²) >= 11 is 1.21. The molecule has 4 aromatic rings. The molecule has 4 heterocycles. The molecule has 0 bridgehead atoms. The Bertz CT molecular complexity index is 1310. The zero-order valence-electron chi connectivity index (χ0n) is 17.4. The molecule has 0 saturated carbocycles. The molecule has 4 aromatic heterocycles. The van der Waals surface area contributed by atoms with Gasteiger partial charge in [0.1, 0.15) is 10.6 Å². The fourth-order valence-electron chi connectivity index (χ4n) is 3.09. The summed E-state index contributed by atoms with van der Waals surface area (Å²) < 4.78 is 3.04. The van der Waals surface area contributed by atoms with Crippen LogP contribution in [-0.2, 0) is 12.5 Å². The SMILES string of the molecule is Cc1c(C(=O)Nc2cc(C(C)(C)C)nn2-c2ccccn2)sc2ncn(C)c(=O)c12. The van der Waals surface area contributed by atoms with Gasteiger partial charge in [-0.25, -0.2) is 9.97 Å². The second-order valence-electron chi connectivity index (χ2n) is 8.12. The van der Waals surface area contributed by atoms with Gasteiger partial charge in [-0.2, -0.15) is 9.78 Å². The minimum absolute atomic E-state index is 0.165. The number of hydrogen-bond acceptors (Lipinski definition) is 6. The summed E-state index contributed by atoms with van der Waals surface area (Å²) in [5, 5.41) is 8.09. The Labute approximate surface area is 177 Å². The van der Waals surface area contributed by atoms with Crippen molar-refractivity contribution in [2.45, 2.75) is 33.1 Å². The third-order valence-corrected chi connectivity index (χ3v) is 6.00. The van der Waals surface area contributed by atoms with Crippen LogP contribution in [0.15, 0.2) is 41.6 Å². The highest BCUT2D eigenvalue weighted by Gasteiger charge is 2.24. The maximum Gasteiger partial charge on any atom is 0.267 e. The van der Waals surface area contributed by atoms with E-state index >= 15 is 0 Å². The minimum atomic E-state index is -0.310. The number of amides is 1. The molecule has 0 atom stereocenters. The molecular weight excluding hydrogens is 400 g/mol. The standard InChI is InChI=1S/C21H22N6O2S/c1-12-16-19(23-11-26(5)20(16)29)30-17(12)18(28)24-15-10-13(21(2,3)4)25-27(15)14-8-6-7-9-22-14/h6-11H,1-5H3,(H,24,28). The van der Waals surface area contributed by atoms with E-state index in [1.165, 1.54) is 22.2 Å². The topological polar surface area (TPSA) is 94.7 Å². The molecule has 0 spiro atoms. The van der Waals surface area contributed by atoms with Gasteiger partial charge in [0.2, 0.25) is 0 Å². The van der Waals surface area contributed by atoms with Gasteiger partial charge in [0.15, 0.2) is 5.82 Å². The van der Waals surface area contributed by atoms with Crippen molar-refractivity contribution in [3.8, 4) is 5.82 Å². The Morgan fingerprint density at radius 2 is 1.97 bits per heavy atom. The Kier molecular flexibility index (Phi) is 4.77. The normalized spacial score (nSPS) is 11.8. The lowest BCUT2D eigenvalue weighted by atomic mass is 9.92. The number of rotatable bonds is 3. The summed E-state index contributed by atoms with van der Waals surface area (Å²) in [6.07, 6.45) is 3.14. The highest BCUT2D eigenvalue weighted by molar-refractivity contribution is 7.20. The van der Waals surface area contributed by atoms with Crippen molar-refractivity contribution in [2.75, 3.05) is 5.32 Å². The zero-order valence-corrected chi connectivity index (χ0v) is 18.2. The van der Waals surface area contributed by atoms with Crippen LogP contribution in [0.25, 0.3) is 16.0 Å². The lowest BCUT2D eigenvalue weighted by Gasteiger charge is -2.13. The maximum absolute atomic E-state index is 13.1. The number of fused-ring (bicyclic) bond motifs is 1. The van der Waals surface area contributed by atoms with Gasteiger partial charge in [-0.1, -0.05) is 26.8 Å². The molecule has 0 aliphatic carbocycles. The van der Waals surface area contributed by atoms with E-state index in [1.807, 2.05) is 24.3 Å². The molecule has 1 N–H and O–H groups in total. The highest BCUT2D eigenvalue weighted by Crippen LogP contribution is 2.29. The summed E-state index contributed by atoms with van der Waals surface area (Å²) in [4.78, 5) is 35.3. The third-order valence-electron chi connectivity index (χ3n) is 4.80. The molecule has 0 radical (unpaired) electrons. The number of thiophene rings is 1. The summed E-state index contributed by atoms with van der Waals surface area (Å²) in [6, 6.07) is 7.37. The molecule has 8 nitrogen and oxygen atoms in total. The Morgan fingerprint density at radius 3 is 2.63 bits per heavy atom. The van der Waals surface area contributed by atoms with Crippen molar-refractivity contribution in [3.63, 3.8) is 0 Å². The number of carbonyl (C=O) groups excluding carboxylic acids is 1. The molecule has 0 aliphatic heterocycles. The maximum atomic E-state index is 13.1. The van der Waals surface area contributed by atoms with Crippen molar-refractivity contribution < 1.29 is 4.79 Å². The van der Waals surface area contributed by atoms with Crippen molar-refractivity contribution in [1.29, 1.82) is 0 Å². The monoisotopic (exact) mass is 422 g/mol. The van der Waals surface area contributed by atoms with Crippen LogP contribution in [0.3, 0.4) is 0 Å². The first-order valence-corrected chi connectivity index (χ1v) is 10.3. The zero-order chi connectivity index (χ0) is 21.6. The van der Waals surface area contributed by atoms with Gasteiger partial charge in [-0.3, -0.25) is 9.59 Å². The van der Waals surface area contributed by atoms with Crippen LogP contribution in [-0.4, -0.2) is 30.2 Å². The molecule has 0 aliphatic rings. The first-order valence-electron chi connectivity index (χ1n) is 9.45. The second kappa shape index (κ2) is 7.17. The lowest BCUT2D eigenvalue weighted by Crippen LogP contribution is -2.17. The van der Waals surface area contributed by atoms with Crippen molar-refractivity contribution >= 4 is 33.3 Å². The predicted molar refractivity (Wildman–Crippen MR) is 118 cm³/mol. The molecule has 0 saturated heterocycles. The number of nitrogens with zero attached hydrogens (tertiary/aromatic N) is 5. The molecule has 0 aromatic carbocycles. The molecule has 30 heavy (non-hydrogen) atoms. The van der Waals surface area contributed by atoms with Crippen LogP contribution in [0.2, 0.25) is 0 Å². The van der Waals surface area contributed by atoms with Gasteiger partial charge in [0.05, 0.1) is 22.3 Å². The molecule has 1 amide bonds. The van der Waals surface area contributed by atoms with Crippen molar-refractivity contribution in [3.05, 3.63) is 63.3 Å². The van der Waals surface area contributed by atoms with Crippen molar-refractivity contribution in [1.82, 2.24) is 24.3 Å². The van der Waals surface area contributed by atoms with E-state index < -0.39 is 0 Å². The second-order valence-corrected chi connectivity index (χ2v) is 9.11. The van der Waals surface area contributed by atoms with Gasteiger partial charge in [-0.15, -0.1) is 11.3 Å². The minimum Gasteiger partial charge on any atom is -0.306 e. The van der Waals surface area contributed by atoms with Gasteiger partial charge in [0, 0.05) is 24.7 Å². The molecular formula is C21H22N6O2S. The van der Waals surface area contributed by atoms with Gasteiger partial charge in [0.25, 0.3) is 11.5 Å². The van der Waals surface area contributed by atoms with E-state index in [0.29, 0.717) is 32.3 Å². The predicted octanol–water partition coefficient (Wildman–Crippen LogP) is 3.43. The van der Waals surface area contributed by atoms with Crippen LogP contribution < -0.4 is 10.9 Å². The number of nitrogens with one attached hydrogen (secondary N) is 1. The summed E-state index contributed by atoms with van der Waals surface area (Å²) in [5.74, 6) is 0.809. The number of aryl methyl sites for hydroxylation is 2. The van der Waals surface area contributed by atoms with E-state index in [2.05, 4.69) is 41.2 Å². The smallest absolute Gasteiger partial charge is 0.267 e. The van der Waals surface area contributed by atoms with Crippen LogP contribution in [0, 0.1) is 6.92 Å². The number of hydrogen-bond donors (Lipinski definition) is 1. The number of carbonyl (C=O) groups is 1.